The van der Waals surface area contributed by atoms with Crippen molar-refractivity contribution in [1.82, 2.24) is 14.9 Å². The Hall–Kier alpha value is -2.47. The number of carbonyl (C=O) groups is 1. The minimum Gasteiger partial charge on any atom is -0.339 e. The summed E-state index contributed by atoms with van der Waals surface area (Å²) in [7, 11) is 0. The molecule has 0 aliphatic carbocycles. The number of hydrogen-bond acceptors (Lipinski definition) is 5. The second-order valence-electron chi connectivity index (χ2n) is 5.56. The lowest BCUT2D eigenvalue weighted by Crippen LogP contribution is -2.51. The molecule has 2 aromatic rings. The zero-order valence-corrected chi connectivity index (χ0v) is 13.0. The fourth-order valence-electron chi connectivity index (χ4n) is 2.87. The Balaban J connectivity index is 1.64. The van der Waals surface area contributed by atoms with Crippen LogP contribution in [0.2, 0.25) is 0 Å². The van der Waals surface area contributed by atoms with Gasteiger partial charge in [-0.1, -0.05) is 30.3 Å². The van der Waals surface area contributed by atoms with E-state index in [1.54, 1.807) is 18.5 Å². The van der Waals surface area contributed by atoms with Gasteiger partial charge < -0.3 is 15.5 Å². The molecule has 23 heavy (non-hydrogen) atoms. The van der Waals surface area contributed by atoms with Crippen molar-refractivity contribution < 1.29 is 4.79 Å². The molecule has 1 aliphatic rings. The lowest BCUT2D eigenvalue weighted by atomic mass is 9.97. The van der Waals surface area contributed by atoms with Crippen LogP contribution in [0.1, 0.15) is 11.5 Å². The normalized spacial score (nSPS) is 16.2. The number of aromatic nitrogens is 2. The maximum Gasteiger partial charge on any atom is 0.231 e. The van der Waals surface area contributed by atoms with Crippen LogP contribution in [0, 0.1) is 0 Å². The predicted molar refractivity (Wildman–Crippen MR) is 89.1 cm³/mol. The molecule has 2 heterocycles. The van der Waals surface area contributed by atoms with Gasteiger partial charge in [0.15, 0.2) is 0 Å². The largest absolute Gasteiger partial charge is 0.339 e. The second kappa shape index (κ2) is 7.19. The first kappa shape index (κ1) is 15.4. The van der Waals surface area contributed by atoms with Crippen molar-refractivity contribution in [2.45, 2.75) is 5.92 Å². The monoisotopic (exact) mass is 311 g/mol. The van der Waals surface area contributed by atoms with E-state index in [4.69, 9.17) is 5.73 Å². The molecule has 6 nitrogen and oxygen atoms in total. The van der Waals surface area contributed by atoms with Crippen LogP contribution in [0.15, 0.2) is 48.8 Å². The van der Waals surface area contributed by atoms with E-state index in [9.17, 15) is 4.79 Å². The van der Waals surface area contributed by atoms with Crippen LogP contribution in [-0.2, 0) is 4.79 Å². The average molecular weight is 311 g/mol. The first-order valence-electron chi connectivity index (χ1n) is 7.85. The number of rotatable bonds is 4. The molecule has 6 heteroatoms. The molecule has 120 valence electrons. The van der Waals surface area contributed by atoms with Gasteiger partial charge in [0.05, 0.1) is 5.92 Å². The zero-order valence-electron chi connectivity index (χ0n) is 13.0. The molecular weight excluding hydrogens is 290 g/mol. The topological polar surface area (TPSA) is 75.4 Å². The minimum absolute atomic E-state index is 0.104. The van der Waals surface area contributed by atoms with Crippen LogP contribution < -0.4 is 10.6 Å². The first-order chi connectivity index (χ1) is 11.3. The van der Waals surface area contributed by atoms with Gasteiger partial charge in [0, 0.05) is 45.1 Å². The van der Waals surface area contributed by atoms with Gasteiger partial charge in [-0.2, -0.15) is 0 Å². The molecule has 0 bridgehead atoms. The summed E-state index contributed by atoms with van der Waals surface area (Å²) in [6.45, 7) is 3.13. The summed E-state index contributed by atoms with van der Waals surface area (Å²) in [5.74, 6) is 0.557. The van der Waals surface area contributed by atoms with Gasteiger partial charge in [0.1, 0.15) is 0 Å². The molecule has 1 aromatic heterocycles. The van der Waals surface area contributed by atoms with Gasteiger partial charge in [-0.15, -0.1) is 0 Å². The van der Waals surface area contributed by atoms with Crippen molar-refractivity contribution >= 4 is 11.9 Å². The summed E-state index contributed by atoms with van der Waals surface area (Å²) < 4.78 is 0. The molecule has 1 aliphatic heterocycles. The summed E-state index contributed by atoms with van der Waals surface area (Å²) in [6, 6.07) is 11.5. The van der Waals surface area contributed by atoms with Crippen LogP contribution >= 0.6 is 0 Å². The minimum atomic E-state index is -0.268. The molecule has 0 spiro atoms. The molecule has 1 atom stereocenters. The van der Waals surface area contributed by atoms with E-state index >= 15 is 0 Å². The van der Waals surface area contributed by atoms with Crippen LogP contribution in [0.25, 0.3) is 0 Å². The van der Waals surface area contributed by atoms with Crippen LogP contribution in [-0.4, -0.2) is 53.5 Å². The fraction of sp³-hybridized carbons (Fsp3) is 0.353. The Morgan fingerprint density at radius 3 is 2.30 bits per heavy atom. The highest BCUT2D eigenvalue weighted by atomic mass is 16.2. The van der Waals surface area contributed by atoms with Crippen LogP contribution in [0.3, 0.4) is 0 Å². The number of piperazine rings is 1. The van der Waals surface area contributed by atoms with Gasteiger partial charge in [-0.25, -0.2) is 9.97 Å². The van der Waals surface area contributed by atoms with Crippen molar-refractivity contribution in [3.05, 3.63) is 54.4 Å². The standard InChI is InChI=1S/C17H21N5O/c18-13-15(14-5-2-1-3-6-14)16(23)21-9-11-22(12-10-21)17-19-7-4-8-20-17/h1-8,15H,9-13,18H2. The second-order valence-corrected chi connectivity index (χ2v) is 5.56. The maximum atomic E-state index is 12.8. The Bertz CT molecular complexity index is 626. The van der Waals surface area contributed by atoms with Crippen molar-refractivity contribution in [2.24, 2.45) is 5.73 Å². The van der Waals surface area contributed by atoms with Crippen LogP contribution in [0.5, 0.6) is 0 Å². The molecule has 0 radical (unpaired) electrons. The number of nitrogens with two attached hydrogens (primary N) is 1. The fourth-order valence-corrected chi connectivity index (χ4v) is 2.87. The van der Waals surface area contributed by atoms with E-state index in [1.165, 1.54) is 0 Å². The Morgan fingerprint density at radius 2 is 1.70 bits per heavy atom. The lowest BCUT2D eigenvalue weighted by Gasteiger charge is -2.36. The third-order valence-electron chi connectivity index (χ3n) is 4.16. The highest BCUT2D eigenvalue weighted by molar-refractivity contribution is 5.84. The third kappa shape index (κ3) is 3.48. The Kier molecular flexibility index (Phi) is 4.83. The van der Waals surface area contributed by atoms with Gasteiger partial charge in [-0.3, -0.25) is 4.79 Å². The number of nitrogens with zero attached hydrogens (tertiary/aromatic N) is 4. The quantitative estimate of drug-likeness (QED) is 0.907. The van der Waals surface area contributed by atoms with Gasteiger partial charge in [0.2, 0.25) is 11.9 Å². The number of carbonyl (C=O) groups excluding carboxylic acids is 1. The molecule has 0 saturated carbocycles. The van der Waals surface area contributed by atoms with E-state index < -0.39 is 0 Å². The van der Waals surface area contributed by atoms with E-state index in [0.29, 0.717) is 19.6 Å². The maximum absolute atomic E-state index is 12.8. The van der Waals surface area contributed by atoms with E-state index in [2.05, 4.69) is 14.9 Å². The number of amides is 1. The average Bonchev–Trinajstić information content (AvgIpc) is 2.64. The zero-order chi connectivity index (χ0) is 16.1. The molecule has 3 rings (SSSR count). The smallest absolute Gasteiger partial charge is 0.231 e. The summed E-state index contributed by atoms with van der Waals surface area (Å²) in [6.07, 6.45) is 3.47. The molecular formula is C17H21N5O. The molecule has 1 saturated heterocycles. The molecule has 1 unspecified atom stereocenters. The van der Waals surface area contributed by atoms with Crippen molar-refractivity contribution in [2.75, 3.05) is 37.6 Å². The van der Waals surface area contributed by atoms with E-state index in [0.717, 1.165) is 24.6 Å². The van der Waals surface area contributed by atoms with Gasteiger partial charge in [0.25, 0.3) is 0 Å². The summed E-state index contributed by atoms with van der Waals surface area (Å²) >= 11 is 0. The van der Waals surface area contributed by atoms with E-state index in [-0.39, 0.29) is 11.8 Å². The predicted octanol–water partition coefficient (Wildman–Crippen LogP) is 0.868. The SMILES string of the molecule is NCC(C(=O)N1CCN(c2ncccn2)CC1)c1ccccc1. The molecule has 1 amide bonds. The Morgan fingerprint density at radius 1 is 1.04 bits per heavy atom. The molecule has 1 fully saturated rings. The third-order valence-corrected chi connectivity index (χ3v) is 4.16. The van der Waals surface area contributed by atoms with Crippen LogP contribution in [0.4, 0.5) is 5.95 Å². The van der Waals surface area contributed by atoms with Crippen molar-refractivity contribution in [3.63, 3.8) is 0 Å². The lowest BCUT2D eigenvalue weighted by molar-refractivity contribution is -0.132. The number of hydrogen-bond donors (Lipinski definition) is 1. The Labute approximate surface area is 135 Å². The summed E-state index contributed by atoms with van der Waals surface area (Å²) in [5, 5.41) is 0. The van der Waals surface area contributed by atoms with Gasteiger partial charge >= 0.3 is 0 Å². The molecule has 1 aromatic carbocycles. The summed E-state index contributed by atoms with van der Waals surface area (Å²) in [5.41, 5.74) is 6.83. The summed E-state index contributed by atoms with van der Waals surface area (Å²) in [4.78, 5) is 25.3. The van der Waals surface area contributed by atoms with Crippen molar-refractivity contribution in [1.29, 1.82) is 0 Å². The van der Waals surface area contributed by atoms with Gasteiger partial charge in [-0.05, 0) is 11.6 Å². The number of anilines is 1. The highest BCUT2D eigenvalue weighted by Crippen LogP contribution is 2.19. The first-order valence-corrected chi connectivity index (χ1v) is 7.85. The molecule has 2 N–H and O–H groups in total. The number of benzene rings is 1. The van der Waals surface area contributed by atoms with Crippen molar-refractivity contribution in [3.8, 4) is 0 Å². The van der Waals surface area contributed by atoms with E-state index in [1.807, 2.05) is 35.2 Å². The highest BCUT2D eigenvalue weighted by Gasteiger charge is 2.28.